The molecular weight excluding hydrogens is 469 g/mol. The molecule has 3 aromatic rings. The van der Waals surface area contributed by atoms with Gasteiger partial charge in [0.05, 0.1) is 10.8 Å². The zero-order chi connectivity index (χ0) is 21.7. The van der Waals surface area contributed by atoms with Gasteiger partial charge in [0, 0.05) is 27.7 Å². The van der Waals surface area contributed by atoms with Crippen molar-refractivity contribution in [1.82, 2.24) is 14.8 Å². The van der Waals surface area contributed by atoms with Crippen molar-refractivity contribution >= 4 is 58.3 Å². The first-order valence-corrected chi connectivity index (χ1v) is 11.0. The Kier molecular flexibility index (Phi) is 7.77. The Balaban J connectivity index is 1.58. The topological polar surface area (TPSA) is 74.1 Å². The maximum absolute atomic E-state index is 12.2. The smallest absolute Gasteiger partial charge is 0.316 e. The minimum Gasteiger partial charge on any atom is -0.457 e. The molecule has 0 saturated carbocycles. The second kappa shape index (κ2) is 10.3. The minimum absolute atomic E-state index is 0.0135. The molecule has 1 aromatic heterocycles. The van der Waals surface area contributed by atoms with E-state index in [1.807, 2.05) is 23.6 Å². The van der Waals surface area contributed by atoms with Gasteiger partial charge < -0.3 is 9.30 Å². The van der Waals surface area contributed by atoms with Crippen LogP contribution in [-0.2, 0) is 16.1 Å². The molecule has 3 rings (SSSR count). The highest BCUT2D eigenvalue weighted by molar-refractivity contribution is 7.99. The highest BCUT2D eigenvalue weighted by atomic mass is 35.5. The number of esters is 1. The lowest BCUT2D eigenvalue weighted by atomic mass is 10.1. The molecule has 10 heteroatoms. The quantitative estimate of drug-likeness (QED) is 0.241. The normalized spacial score (nSPS) is 10.8. The molecule has 1 heterocycles. The van der Waals surface area contributed by atoms with E-state index >= 15 is 0 Å². The standard InChI is InChI=1S/C20H16Cl3N3O3S/c1-2-26-19(12-3-5-13(21)6-4-12)24-25-20(26)30-11-18(28)29-10-17(27)15-8-7-14(22)9-16(15)23/h3-9H,2,10-11H2,1H3. The summed E-state index contributed by atoms with van der Waals surface area (Å²) in [7, 11) is 0. The van der Waals surface area contributed by atoms with Crippen molar-refractivity contribution in [3.63, 3.8) is 0 Å². The predicted molar refractivity (Wildman–Crippen MR) is 119 cm³/mol. The number of benzene rings is 2. The van der Waals surface area contributed by atoms with E-state index in [1.54, 1.807) is 18.2 Å². The number of ether oxygens (including phenoxy) is 1. The van der Waals surface area contributed by atoms with E-state index in [1.165, 1.54) is 23.9 Å². The first kappa shape index (κ1) is 22.6. The van der Waals surface area contributed by atoms with E-state index < -0.39 is 18.4 Å². The molecule has 0 unspecified atom stereocenters. The summed E-state index contributed by atoms with van der Waals surface area (Å²) in [5, 5.41) is 10.2. The molecule has 30 heavy (non-hydrogen) atoms. The van der Waals surface area contributed by atoms with Gasteiger partial charge in [-0.05, 0) is 49.4 Å². The largest absolute Gasteiger partial charge is 0.457 e. The molecule has 6 nitrogen and oxygen atoms in total. The van der Waals surface area contributed by atoms with Crippen molar-refractivity contribution < 1.29 is 14.3 Å². The number of carbonyl (C=O) groups is 2. The van der Waals surface area contributed by atoms with Crippen LogP contribution in [0.3, 0.4) is 0 Å². The molecule has 2 aromatic carbocycles. The molecule has 0 spiro atoms. The molecule has 0 aliphatic rings. The van der Waals surface area contributed by atoms with Crippen molar-refractivity contribution in [2.45, 2.75) is 18.6 Å². The third-order valence-electron chi connectivity index (χ3n) is 4.05. The number of thioether (sulfide) groups is 1. The fraction of sp³-hybridized carbons (Fsp3) is 0.200. The first-order chi connectivity index (χ1) is 14.4. The molecule has 0 fully saturated rings. The average molecular weight is 485 g/mol. The van der Waals surface area contributed by atoms with Crippen LogP contribution in [0.2, 0.25) is 15.1 Å². The van der Waals surface area contributed by atoms with Gasteiger partial charge in [0.15, 0.2) is 17.6 Å². The molecule has 156 valence electrons. The average Bonchev–Trinajstić information content (AvgIpc) is 3.14. The van der Waals surface area contributed by atoms with Gasteiger partial charge in [-0.3, -0.25) is 9.59 Å². The van der Waals surface area contributed by atoms with Gasteiger partial charge in [0.2, 0.25) is 5.78 Å². The second-order valence-electron chi connectivity index (χ2n) is 6.05. The number of rotatable bonds is 8. The van der Waals surface area contributed by atoms with Gasteiger partial charge in [-0.25, -0.2) is 0 Å². The van der Waals surface area contributed by atoms with E-state index in [9.17, 15) is 9.59 Å². The minimum atomic E-state index is -0.544. The third-order valence-corrected chi connectivity index (χ3v) is 5.79. The lowest BCUT2D eigenvalue weighted by Gasteiger charge is -2.08. The second-order valence-corrected chi connectivity index (χ2v) is 8.28. The Labute approximate surface area is 192 Å². The number of carbonyl (C=O) groups excluding carboxylic acids is 2. The first-order valence-electron chi connectivity index (χ1n) is 8.85. The Hall–Kier alpha value is -2.06. The highest BCUT2D eigenvalue weighted by Gasteiger charge is 2.17. The number of hydrogen-bond donors (Lipinski definition) is 0. The summed E-state index contributed by atoms with van der Waals surface area (Å²) in [5.41, 5.74) is 1.12. The fourth-order valence-electron chi connectivity index (χ4n) is 2.60. The molecule has 0 saturated heterocycles. The van der Waals surface area contributed by atoms with Crippen LogP contribution in [0.4, 0.5) is 0 Å². The van der Waals surface area contributed by atoms with Gasteiger partial charge in [-0.15, -0.1) is 10.2 Å². The number of aromatic nitrogens is 3. The van der Waals surface area contributed by atoms with Crippen molar-refractivity contribution in [1.29, 1.82) is 0 Å². The molecule has 0 radical (unpaired) electrons. The summed E-state index contributed by atoms with van der Waals surface area (Å²) in [6, 6.07) is 11.8. The summed E-state index contributed by atoms with van der Waals surface area (Å²) in [5.74, 6) is -0.285. The van der Waals surface area contributed by atoms with Crippen LogP contribution in [0.15, 0.2) is 47.6 Å². The van der Waals surface area contributed by atoms with Gasteiger partial charge in [-0.2, -0.15) is 0 Å². The monoisotopic (exact) mass is 483 g/mol. The molecule has 0 N–H and O–H groups in total. The van der Waals surface area contributed by atoms with Crippen molar-refractivity contribution in [3.8, 4) is 11.4 Å². The Morgan fingerprint density at radius 2 is 1.73 bits per heavy atom. The van der Waals surface area contributed by atoms with E-state index in [2.05, 4.69) is 10.2 Å². The van der Waals surface area contributed by atoms with Crippen molar-refractivity contribution in [2.75, 3.05) is 12.4 Å². The Bertz CT molecular complexity index is 1070. The van der Waals surface area contributed by atoms with Crippen LogP contribution >= 0.6 is 46.6 Å². The SMILES string of the molecule is CCn1c(SCC(=O)OCC(=O)c2ccc(Cl)cc2Cl)nnc1-c1ccc(Cl)cc1. The lowest BCUT2D eigenvalue weighted by Crippen LogP contribution is -2.16. The molecular formula is C20H16Cl3N3O3S. The van der Waals surface area contributed by atoms with E-state index in [0.717, 1.165) is 5.56 Å². The maximum atomic E-state index is 12.2. The van der Waals surface area contributed by atoms with E-state index in [0.29, 0.717) is 27.6 Å². The van der Waals surface area contributed by atoms with E-state index in [-0.39, 0.29) is 16.3 Å². The lowest BCUT2D eigenvalue weighted by molar-refractivity contribution is -0.139. The van der Waals surface area contributed by atoms with Crippen molar-refractivity contribution in [2.24, 2.45) is 0 Å². The molecule has 0 aliphatic carbocycles. The van der Waals surface area contributed by atoms with Crippen LogP contribution in [0.1, 0.15) is 17.3 Å². The fourth-order valence-corrected chi connectivity index (χ4v) is 4.04. The zero-order valence-electron chi connectivity index (χ0n) is 15.8. The highest BCUT2D eigenvalue weighted by Crippen LogP contribution is 2.25. The summed E-state index contributed by atoms with van der Waals surface area (Å²) < 4.78 is 6.96. The van der Waals surface area contributed by atoms with Crippen LogP contribution in [-0.4, -0.2) is 38.9 Å². The predicted octanol–water partition coefficient (Wildman–Crippen LogP) is 5.44. The van der Waals surface area contributed by atoms with Crippen molar-refractivity contribution in [3.05, 3.63) is 63.1 Å². The van der Waals surface area contributed by atoms with Gasteiger partial charge in [-0.1, -0.05) is 46.6 Å². The summed E-state index contributed by atoms with van der Waals surface area (Å²) in [6.45, 7) is 2.17. The van der Waals surface area contributed by atoms with E-state index in [4.69, 9.17) is 39.5 Å². The summed E-state index contributed by atoms with van der Waals surface area (Å²) in [4.78, 5) is 24.3. The third kappa shape index (κ3) is 5.55. The maximum Gasteiger partial charge on any atom is 0.316 e. The summed E-state index contributed by atoms with van der Waals surface area (Å²) in [6.07, 6.45) is 0. The van der Waals surface area contributed by atoms with Crippen LogP contribution in [0.25, 0.3) is 11.4 Å². The van der Waals surface area contributed by atoms with Gasteiger partial charge >= 0.3 is 5.97 Å². The Morgan fingerprint density at radius 3 is 2.40 bits per heavy atom. The molecule has 0 amide bonds. The summed E-state index contributed by atoms with van der Waals surface area (Å²) >= 11 is 18.9. The van der Waals surface area contributed by atoms with Gasteiger partial charge in [0.1, 0.15) is 0 Å². The molecule has 0 bridgehead atoms. The van der Waals surface area contributed by atoms with Crippen LogP contribution in [0.5, 0.6) is 0 Å². The number of ketones is 1. The number of Topliss-reactive ketones (excluding diaryl/α,β-unsaturated/α-hetero) is 1. The molecule has 0 atom stereocenters. The number of nitrogens with zero attached hydrogens (tertiary/aromatic N) is 3. The number of hydrogen-bond acceptors (Lipinski definition) is 6. The van der Waals surface area contributed by atoms with Crippen LogP contribution in [0, 0.1) is 0 Å². The van der Waals surface area contributed by atoms with Gasteiger partial charge in [0.25, 0.3) is 0 Å². The Morgan fingerprint density at radius 1 is 1.03 bits per heavy atom. The van der Waals surface area contributed by atoms with Crippen LogP contribution < -0.4 is 0 Å². The molecule has 0 aliphatic heterocycles. The number of halogens is 3. The zero-order valence-corrected chi connectivity index (χ0v) is 18.9.